The summed E-state index contributed by atoms with van der Waals surface area (Å²) in [5.41, 5.74) is 1.19. The second kappa shape index (κ2) is 11.2. The van der Waals surface area contributed by atoms with Crippen molar-refractivity contribution in [1.29, 1.82) is 0 Å². The molecule has 0 fully saturated rings. The van der Waals surface area contributed by atoms with Gasteiger partial charge in [-0.15, -0.1) is 0 Å². The zero-order valence-electron chi connectivity index (χ0n) is 15.8. The van der Waals surface area contributed by atoms with Crippen LogP contribution < -0.4 is 4.74 Å². The van der Waals surface area contributed by atoms with Crippen LogP contribution in [0.2, 0.25) is 0 Å². The van der Waals surface area contributed by atoms with Crippen LogP contribution in [0.25, 0.3) is 0 Å². The average Bonchev–Trinajstić information content (AvgIpc) is 2.57. The lowest BCUT2D eigenvalue weighted by atomic mass is 10.1. The topological polar surface area (TPSA) is 123 Å². The van der Waals surface area contributed by atoms with Gasteiger partial charge in [-0.1, -0.05) is 17.7 Å². The lowest BCUT2D eigenvalue weighted by molar-refractivity contribution is 0.191. The molecule has 0 aliphatic carbocycles. The highest BCUT2D eigenvalue weighted by molar-refractivity contribution is 7.60. The Morgan fingerprint density at radius 3 is 2.10 bits per heavy atom. The van der Waals surface area contributed by atoms with Crippen LogP contribution >= 0.6 is 15.6 Å². The van der Waals surface area contributed by atoms with E-state index in [-0.39, 0.29) is 12.7 Å². The molecule has 0 bridgehead atoms. The molecule has 14 heteroatoms. The van der Waals surface area contributed by atoms with Crippen LogP contribution in [0, 0.1) is 23.3 Å². The summed E-state index contributed by atoms with van der Waals surface area (Å²) in [4.78, 5) is 26.0. The molecular weight excluding hydrogens is 458 g/mol. The summed E-state index contributed by atoms with van der Waals surface area (Å²) in [7, 11) is -10.1. The van der Waals surface area contributed by atoms with Crippen LogP contribution in [0.3, 0.4) is 0 Å². The Morgan fingerprint density at radius 2 is 1.57 bits per heavy atom. The second-order valence-corrected chi connectivity index (χ2v) is 8.89. The van der Waals surface area contributed by atoms with E-state index in [0.717, 1.165) is 0 Å². The third kappa shape index (κ3) is 9.53. The van der Waals surface area contributed by atoms with Gasteiger partial charge in [0.05, 0.1) is 6.61 Å². The van der Waals surface area contributed by atoms with E-state index in [2.05, 4.69) is 8.83 Å². The number of benzene rings is 1. The summed E-state index contributed by atoms with van der Waals surface area (Å²) in [6.07, 6.45) is 3.85. The van der Waals surface area contributed by atoms with Gasteiger partial charge in [0.15, 0.2) is 17.4 Å². The van der Waals surface area contributed by atoms with Crippen molar-refractivity contribution in [3.05, 3.63) is 52.6 Å². The summed E-state index contributed by atoms with van der Waals surface area (Å²) in [5, 5.41) is 0. The number of allylic oxidation sites excluding steroid dienone is 2. The molecule has 0 spiro atoms. The minimum Gasteiger partial charge on any atom is -0.483 e. The van der Waals surface area contributed by atoms with E-state index in [4.69, 9.17) is 19.4 Å². The van der Waals surface area contributed by atoms with Crippen LogP contribution in [0.1, 0.15) is 26.7 Å². The molecule has 0 aliphatic heterocycles. The molecule has 1 aromatic rings. The monoisotopic (exact) mass is 478 g/mol. The molecule has 0 aromatic heterocycles. The van der Waals surface area contributed by atoms with Crippen molar-refractivity contribution < 1.29 is 54.9 Å². The normalized spacial score (nSPS) is 15.2. The fourth-order valence-electron chi connectivity index (χ4n) is 2.00. The molecule has 0 aliphatic rings. The zero-order valence-corrected chi connectivity index (χ0v) is 17.6. The van der Waals surface area contributed by atoms with Gasteiger partial charge in [0.2, 0.25) is 11.6 Å². The predicted molar refractivity (Wildman–Crippen MR) is 97.4 cm³/mol. The van der Waals surface area contributed by atoms with Gasteiger partial charge in [0, 0.05) is 6.07 Å². The maximum atomic E-state index is 13.5. The zero-order chi connectivity index (χ0) is 23.1. The summed E-state index contributed by atoms with van der Waals surface area (Å²) >= 11 is 0. The summed E-state index contributed by atoms with van der Waals surface area (Å²) in [6.45, 7) is 2.44. The van der Waals surface area contributed by atoms with Crippen molar-refractivity contribution >= 4 is 15.6 Å². The summed E-state index contributed by atoms with van der Waals surface area (Å²) < 4.78 is 87.9. The first-order valence-corrected chi connectivity index (χ1v) is 11.3. The molecule has 0 saturated carbocycles. The molecule has 1 atom stereocenters. The van der Waals surface area contributed by atoms with Gasteiger partial charge in [-0.05, 0) is 32.3 Å². The molecule has 1 rings (SSSR count). The van der Waals surface area contributed by atoms with E-state index >= 15 is 0 Å². The number of hydrogen-bond donors (Lipinski definition) is 3. The standard InChI is InChI=1S/C16H20F4O8P2/c1-10(6-7-27-30(24,25)28-29(21,22)23)4-3-5-11(2)9-26-16-14(19)12(17)8-13(18)15(16)20/h5-6,8H,3-4,7,9H2,1-2H3,(H,24,25)(H2,21,22,23)/b10-6+,11-5+. The van der Waals surface area contributed by atoms with Gasteiger partial charge in [0.1, 0.15) is 6.61 Å². The quantitative estimate of drug-likeness (QED) is 0.184. The van der Waals surface area contributed by atoms with Gasteiger partial charge < -0.3 is 19.4 Å². The van der Waals surface area contributed by atoms with Crippen molar-refractivity contribution in [2.45, 2.75) is 26.7 Å². The van der Waals surface area contributed by atoms with Gasteiger partial charge >= 0.3 is 15.6 Å². The number of ether oxygens (including phenoxy) is 1. The van der Waals surface area contributed by atoms with Gasteiger partial charge in [-0.2, -0.15) is 13.1 Å². The Bertz CT molecular complexity index is 887. The van der Waals surface area contributed by atoms with E-state index < -0.39 is 51.3 Å². The van der Waals surface area contributed by atoms with Crippen LogP contribution in [0.4, 0.5) is 17.6 Å². The molecule has 1 unspecified atom stereocenters. The van der Waals surface area contributed by atoms with E-state index in [1.807, 2.05) is 0 Å². The average molecular weight is 478 g/mol. The van der Waals surface area contributed by atoms with Crippen molar-refractivity contribution in [3.63, 3.8) is 0 Å². The lowest BCUT2D eigenvalue weighted by Crippen LogP contribution is -2.06. The van der Waals surface area contributed by atoms with Crippen LogP contribution in [0.15, 0.2) is 29.4 Å². The molecule has 0 saturated heterocycles. The van der Waals surface area contributed by atoms with Gasteiger partial charge in [-0.25, -0.2) is 17.9 Å². The first kappa shape index (κ1) is 26.5. The molecule has 170 valence electrons. The minimum absolute atomic E-state index is 0.0765. The first-order chi connectivity index (χ1) is 13.7. The van der Waals surface area contributed by atoms with Crippen molar-refractivity contribution in [3.8, 4) is 5.75 Å². The highest BCUT2D eigenvalue weighted by atomic mass is 31.3. The Kier molecular flexibility index (Phi) is 9.90. The number of phosphoric ester groups is 1. The second-order valence-electron chi connectivity index (χ2n) is 6.06. The van der Waals surface area contributed by atoms with E-state index in [0.29, 0.717) is 24.0 Å². The minimum atomic E-state index is -5.19. The smallest absolute Gasteiger partial charge is 0.481 e. The molecule has 0 radical (unpaired) electrons. The van der Waals surface area contributed by atoms with Gasteiger partial charge in [-0.3, -0.25) is 4.52 Å². The molecule has 1 aromatic carbocycles. The van der Waals surface area contributed by atoms with Crippen LogP contribution in [0.5, 0.6) is 5.75 Å². The van der Waals surface area contributed by atoms with Crippen LogP contribution in [-0.4, -0.2) is 27.9 Å². The number of halogens is 4. The molecule has 8 nitrogen and oxygen atoms in total. The fourth-order valence-corrected chi connectivity index (χ4v) is 3.53. The highest BCUT2D eigenvalue weighted by Gasteiger charge is 2.31. The molecule has 0 heterocycles. The lowest BCUT2D eigenvalue weighted by Gasteiger charge is -2.11. The number of hydrogen-bond acceptors (Lipinski definition) is 5. The first-order valence-electron chi connectivity index (χ1n) is 8.23. The SMILES string of the molecule is C/C(=C\COP(=O)(O)OP(=O)(O)O)CC/C=C(\C)COc1c(F)c(F)cc(F)c1F. The van der Waals surface area contributed by atoms with Crippen LogP contribution in [-0.2, 0) is 18.0 Å². The van der Waals surface area contributed by atoms with E-state index in [9.17, 15) is 26.7 Å². The van der Waals surface area contributed by atoms with Crippen molar-refractivity contribution in [1.82, 2.24) is 0 Å². The third-order valence-corrected chi connectivity index (χ3v) is 5.58. The van der Waals surface area contributed by atoms with E-state index in [1.165, 1.54) is 6.08 Å². The number of phosphoric acid groups is 2. The Morgan fingerprint density at radius 1 is 1.00 bits per heavy atom. The van der Waals surface area contributed by atoms with E-state index in [1.54, 1.807) is 19.9 Å². The largest absolute Gasteiger partial charge is 0.483 e. The van der Waals surface area contributed by atoms with Crippen molar-refractivity contribution in [2.75, 3.05) is 13.2 Å². The number of rotatable bonds is 11. The Balaban J connectivity index is 2.51. The summed E-state index contributed by atoms with van der Waals surface area (Å²) in [5.74, 6) is -7.58. The predicted octanol–water partition coefficient (Wildman–Crippen LogP) is 4.52. The maximum Gasteiger partial charge on any atom is 0.481 e. The van der Waals surface area contributed by atoms with Crippen molar-refractivity contribution in [2.24, 2.45) is 0 Å². The highest BCUT2D eigenvalue weighted by Crippen LogP contribution is 2.57. The summed E-state index contributed by atoms with van der Waals surface area (Å²) in [6, 6.07) is 0.0765. The molecule has 0 amide bonds. The Hall–Kier alpha value is -1.52. The molecular formula is C16H20F4O8P2. The third-order valence-electron chi connectivity index (χ3n) is 3.43. The van der Waals surface area contributed by atoms with Gasteiger partial charge in [0.25, 0.3) is 0 Å². The Labute approximate surface area is 169 Å². The maximum absolute atomic E-state index is 13.5. The molecule has 3 N–H and O–H groups in total. The fraction of sp³-hybridized carbons (Fsp3) is 0.375. The molecule has 30 heavy (non-hydrogen) atoms.